The Morgan fingerprint density at radius 2 is 1.83 bits per heavy atom. The Hall–Kier alpha value is -3.08. The van der Waals surface area contributed by atoms with Gasteiger partial charge in [-0.1, -0.05) is 29.5 Å². The second kappa shape index (κ2) is 7.26. The standard InChI is InChI=1S/C18H17N4O/c1-15(23-17-6-3-2-4-7-17)8-12-22-13-9-16(14-21-22)18-19-10-5-11-20-18/h2-7,9-11,13-14H,1,8,12H2/q+1. The number of aryl methyl sites for hydroxylation is 1. The van der Waals surface area contributed by atoms with Crippen LogP contribution >= 0.6 is 0 Å². The third-order valence-electron chi connectivity index (χ3n) is 3.22. The summed E-state index contributed by atoms with van der Waals surface area (Å²) in [6.45, 7) is 4.64. The molecule has 1 aromatic carbocycles. The van der Waals surface area contributed by atoms with E-state index in [1.54, 1.807) is 24.7 Å². The van der Waals surface area contributed by atoms with Gasteiger partial charge in [0.25, 0.3) is 0 Å². The molecule has 0 aliphatic rings. The molecule has 3 aromatic rings. The van der Waals surface area contributed by atoms with E-state index >= 15 is 0 Å². The van der Waals surface area contributed by atoms with Gasteiger partial charge in [-0.2, -0.15) is 0 Å². The number of aromatic nitrogens is 4. The predicted octanol–water partition coefficient (Wildman–Crippen LogP) is 2.81. The Balaban J connectivity index is 1.55. The summed E-state index contributed by atoms with van der Waals surface area (Å²) in [6.07, 6.45) is 7.79. The Kier molecular flexibility index (Phi) is 4.69. The zero-order valence-electron chi connectivity index (χ0n) is 12.7. The summed E-state index contributed by atoms with van der Waals surface area (Å²) >= 11 is 0. The summed E-state index contributed by atoms with van der Waals surface area (Å²) in [4.78, 5) is 8.41. The van der Waals surface area contributed by atoms with Crippen molar-refractivity contribution in [3.05, 3.63) is 79.6 Å². The van der Waals surface area contributed by atoms with Gasteiger partial charge in [0.1, 0.15) is 17.7 Å². The highest BCUT2D eigenvalue weighted by Crippen LogP contribution is 2.13. The van der Waals surface area contributed by atoms with Crippen LogP contribution in [0.3, 0.4) is 0 Å². The molecule has 3 rings (SSSR count). The Morgan fingerprint density at radius 3 is 2.52 bits per heavy atom. The van der Waals surface area contributed by atoms with E-state index < -0.39 is 0 Å². The molecule has 114 valence electrons. The molecule has 23 heavy (non-hydrogen) atoms. The van der Waals surface area contributed by atoms with E-state index in [1.165, 1.54) is 0 Å². The van der Waals surface area contributed by atoms with Crippen molar-refractivity contribution in [2.24, 2.45) is 0 Å². The van der Waals surface area contributed by atoms with Gasteiger partial charge in [-0.3, -0.25) is 0 Å². The lowest BCUT2D eigenvalue weighted by molar-refractivity contribution is -0.753. The SMILES string of the molecule is C=C(CC[n+]1ccc(-c2ncccn2)cn1)Oc1ccccc1. The molecule has 0 saturated carbocycles. The topological polar surface area (TPSA) is 51.8 Å². The molecule has 0 radical (unpaired) electrons. The fourth-order valence-electron chi connectivity index (χ4n) is 2.04. The zero-order chi connectivity index (χ0) is 15.9. The monoisotopic (exact) mass is 305 g/mol. The van der Waals surface area contributed by atoms with Crippen molar-refractivity contribution in [2.75, 3.05) is 0 Å². The molecule has 0 spiro atoms. The van der Waals surface area contributed by atoms with Crippen molar-refractivity contribution in [1.82, 2.24) is 15.1 Å². The molecule has 0 aliphatic heterocycles. The molecule has 5 heteroatoms. The highest BCUT2D eigenvalue weighted by atomic mass is 16.5. The zero-order valence-corrected chi connectivity index (χ0v) is 12.7. The third-order valence-corrected chi connectivity index (χ3v) is 3.22. The second-order valence-corrected chi connectivity index (χ2v) is 4.95. The van der Waals surface area contributed by atoms with Gasteiger partial charge in [0, 0.05) is 24.0 Å². The quantitative estimate of drug-likeness (QED) is 0.519. The summed E-state index contributed by atoms with van der Waals surface area (Å²) in [5, 5.41) is 4.37. The maximum Gasteiger partial charge on any atom is 0.197 e. The van der Waals surface area contributed by atoms with Gasteiger partial charge in [0.15, 0.2) is 18.6 Å². The highest BCUT2D eigenvalue weighted by molar-refractivity contribution is 5.51. The van der Waals surface area contributed by atoms with E-state index in [-0.39, 0.29) is 0 Å². The van der Waals surface area contributed by atoms with Crippen LogP contribution < -0.4 is 9.42 Å². The van der Waals surface area contributed by atoms with Crippen LogP contribution in [0.25, 0.3) is 11.4 Å². The van der Waals surface area contributed by atoms with Crippen LogP contribution in [0.4, 0.5) is 0 Å². The summed E-state index contributed by atoms with van der Waals surface area (Å²) in [7, 11) is 0. The molecule has 2 aromatic heterocycles. The molecule has 0 unspecified atom stereocenters. The largest absolute Gasteiger partial charge is 0.462 e. The lowest BCUT2D eigenvalue weighted by Crippen LogP contribution is -2.37. The number of allylic oxidation sites excluding steroid dienone is 1. The van der Waals surface area contributed by atoms with Gasteiger partial charge < -0.3 is 4.74 Å². The first-order valence-electron chi connectivity index (χ1n) is 7.35. The minimum Gasteiger partial charge on any atom is -0.462 e. The van der Waals surface area contributed by atoms with Crippen molar-refractivity contribution in [1.29, 1.82) is 0 Å². The summed E-state index contributed by atoms with van der Waals surface area (Å²) < 4.78 is 7.51. The maximum absolute atomic E-state index is 5.67. The number of ether oxygens (including phenoxy) is 1. The lowest BCUT2D eigenvalue weighted by Gasteiger charge is -2.06. The molecule has 0 saturated heterocycles. The molecule has 0 bridgehead atoms. The van der Waals surface area contributed by atoms with E-state index in [4.69, 9.17) is 4.74 Å². The average Bonchev–Trinajstić information content (AvgIpc) is 2.62. The van der Waals surface area contributed by atoms with Gasteiger partial charge in [-0.25, -0.2) is 9.97 Å². The molecular weight excluding hydrogens is 288 g/mol. The van der Waals surface area contributed by atoms with E-state index in [1.807, 2.05) is 47.3 Å². The maximum atomic E-state index is 5.67. The summed E-state index contributed by atoms with van der Waals surface area (Å²) in [5.41, 5.74) is 0.890. The van der Waals surface area contributed by atoms with Gasteiger partial charge in [-0.15, -0.1) is 0 Å². The Labute approximate surface area is 134 Å². The number of benzene rings is 1. The molecule has 0 amide bonds. The van der Waals surface area contributed by atoms with Crippen LogP contribution in [0.5, 0.6) is 5.75 Å². The Morgan fingerprint density at radius 1 is 1.04 bits per heavy atom. The van der Waals surface area contributed by atoms with E-state index in [9.17, 15) is 0 Å². The molecule has 0 atom stereocenters. The van der Waals surface area contributed by atoms with E-state index in [0.29, 0.717) is 24.5 Å². The molecular formula is C18H17N4O+. The van der Waals surface area contributed by atoms with Crippen molar-refractivity contribution >= 4 is 0 Å². The normalized spacial score (nSPS) is 10.3. The van der Waals surface area contributed by atoms with Crippen molar-refractivity contribution < 1.29 is 9.42 Å². The lowest BCUT2D eigenvalue weighted by atomic mass is 10.3. The Bertz CT molecular complexity index is 758. The smallest absolute Gasteiger partial charge is 0.197 e. The fraction of sp³-hybridized carbons (Fsp3) is 0.111. The van der Waals surface area contributed by atoms with Crippen molar-refractivity contribution in [3.63, 3.8) is 0 Å². The molecule has 5 nitrogen and oxygen atoms in total. The number of hydrogen-bond acceptors (Lipinski definition) is 4. The van der Waals surface area contributed by atoms with Crippen LogP contribution in [0, 0.1) is 0 Å². The highest BCUT2D eigenvalue weighted by Gasteiger charge is 2.08. The van der Waals surface area contributed by atoms with Crippen LogP contribution in [0.2, 0.25) is 0 Å². The van der Waals surface area contributed by atoms with Crippen LogP contribution in [0.1, 0.15) is 6.42 Å². The van der Waals surface area contributed by atoms with E-state index in [0.717, 1.165) is 11.3 Å². The number of rotatable bonds is 6. The van der Waals surface area contributed by atoms with E-state index in [2.05, 4.69) is 21.6 Å². The number of para-hydroxylation sites is 1. The first-order chi connectivity index (χ1) is 11.3. The van der Waals surface area contributed by atoms with Gasteiger partial charge in [0.2, 0.25) is 0 Å². The van der Waals surface area contributed by atoms with Crippen LogP contribution in [0.15, 0.2) is 79.6 Å². The van der Waals surface area contributed by atoms with Gasteiger partial charge >= 0.3 is 0 Å². The number of nitrogens with zero attached hydrogens (tertiary/aromatic N) is 4. The minimum atomic E-state index is 0.670. The van der Waals surface area contributed by atoms with Gasteiger partial charge in [-0.05, 0) is 23.3 Å². The predicted molar refractivity (Wildman–Crippen MR) is 86.3 cm³/mol. The van der Waals surface area contributed by atoms with Crippen molar-refractivity contribution in [2.45, 2.75) is 13.0 Å². The van der Waals surface area contributed by atoms with Gasteiger partial charge in [0.05, 0.1) is 6.42 Å². The second-order valence-electron chi connectivity index (χ2n) is 4.95. The summed E-state index contributed by atoms with van der Waals surface area (Å²) in [6, 6.07) is 13.4. The molecule has 0 N–H and O–H groups in total. The molecule has 0 aliphatic carbocycles. The average molecular weight is 305 g/mol. The van der Waals surface area contributed by atoms with Crippen LogP contribution in [-0.2, 0) is 6.54 Å². The van der Waals surface area contributed by atoms with Crippen LogP contribution in [-0.4, -0.2) is 15.1 Å². The number of hydrogen-bond donors (Lipinski definition) is 0. The minimum absolute atomic E-state index is 0.670. The summed E-state index contributed by atoms with van der Waals surface area (Å²) in [5.74, 6) is 2.18. The third kappa shape index (κ3) is 4.20. The van der Waals surface area contributed by atoms with Crippen molar-refractivity contribution in [3.8, 4) is 17.1 Å². The molecule has 0 fully saturated rings. The first-order valence-corrected chi connectivity index (χ1v) is 7.35. The fourth-order valence-corrected chi connectivity index (χ4v) is 2.04. The first kappa shape index (κ1) is 14.8. The molecule has 2 heterocycles.